The van der Waals surface area contributed by atoms with E-state index in [-0.39, 0.29) is 0 Å². The van der Waals surface area contributed by atoms with Crippen molar-refractivity contribution in [3.8, 4) is 5.75 Å². The molecule has 0 aromatic heterocycles. The quantitative estimate of drug-likeness (QED) is 0.633. The van der Waals surface area contributed by atoms with Crippen LogP contribution in [0.3, 0.4) is 0 Å². The van der Waals surface area contributed by atoms with Gasteiger partial charge in [0.25, 0.3) is 0 Å². The summed E-state index contributed by atoms with van der Waals surface area (Å²) in [5, 5.41) is 1.14. The van der Waals surface area contributed by atoms with Gasteiger partial charge in [0.1, 0.15) is 5.75 Å². The fourth-order valence-corrected chi connectivity index (χ4v) is 2.02. The minimum Gasteiger partial charge on any atom is -0.477 e. The van der Waals surface area contributed by atoms with E-state index in [1.165, 1.54) is 7.11 Å². The van der Waals surface area contributed by atoms with Crippen molar-refractivity contribution in [1.29, 1.82) is 0 Å². The summed E-state index contributed by atoms with van der Waals surface area (Å²) < 4.78 is 9.98. The van der Waals surface area contributed by atoms with Crippen LogP contribution in [0, 0.1) is 0 Å². The number of esters is 1. The Bertz CT molecular complexity index is 381. The molecule has 0 saturated carbocycles. The first-order chi connectivity index (χ1) is 7.60. The Kier molecular flexibility index (Phi) is 5.09. The minimum absolute atomic E-state index is 0.430. The predicted octanol–water partition coefficient (Wildman–Crippen LogP) is 3.18. The molecule has 1 rings (SSSR count). The van der Waals surface area contributed by atoms with Gasteiger partial charge in [-0.25, -0.2) is 4.79 Å². The van der Waals surface area contributed by atoms with Crippen molar-refractivity contribution in [2.45, 2.75) is 18.4 Å². The SMILES string of the molecule is COC(=O)[C@@H](C)Oc1cccc(CBr)c1Cl. The Morgan fingerprint density at radius 2 is 2.25 bits per heavy atom. The Hall–Kier alpha value is -0.740. The first-order valence-electron chi connectivity index (χ1n) is 4.68. The number of hydrogen-bond donors (Lipinski definition) is 0. The largest absolute Gasteiger partial charge is 0.477 e. The standard InChI is InChI=1S/C11H12BrClO3/c1-7(11(14)15-2)16-9-5-3-4-8(6-12)10(9)13/h3-5,7H,6H2,1-2H3/t7-/m1/s1. The van der Waals surface area contributed by atoms with E-state index in [4.69, 9.17) is 16.3 Å². The molecule has 1 aromatic rings. The third-order valence-electron chi connectivity index (χ3n) is 2.02. The third kappa shape index (κ3) is 3.12. The number of halogens is 2. The molecule has 0 aliphatic heterocycles. The van der Waals surface area contributed by atoms with Crippen molar-refractivity contribution in [2.75, 3.05) is 7.11 Å². The third-order valence-corrected chi connectivity index (χ3v) is 3.06. The lowest BCUT2D eigenvalue weighted by molar-refractivity contribution is -0.147. The first-order valence-corrected chi connectivity index (χ1v) is 6.18. The summed E-state index contributed by atoms with van der Waals surface area (Å²) in [5.74, 6) is 0.0526. The summed E-state index contributed by atoms with van der Waals surface area (Å²) >= 11 is 9.41. The lowest BCUT2D eigenvalue weighted by Gasteiger charge is -2.14. The molecule has 88 valence electrons. The zero-order chi connectivity index (χ0) is 12.1. The van der Waals surface area contributed by atoms with Crippen LogP contribution in [0.15, 0.2) is 18.2 Å². The molecule has 16 heavy (non-hydrogen) atoms. The summed E-state index contributed by atoms with van der Waals surface area (Å²) in [6.45, 7) is 1.61. The van der Waals surface area contributed by atoms with Crippen LogP contribution in [0.4, 0.5) is 0 Å². The molecule has 1 atom stereocenters. The van der Waals surface area contributed by atoms with Gasteiger partial charge in [0.2, 0.25) is 0 Å². The highest BCUT2D eigenvalue weighted by Gasteiger charge is 2.17. The van der Waals surface area contributed by atoms with Gasteiger partial charge in [0.15, 0.2) is 6.10 Å². The van der Waals surface area contributed by atoms with Crippen molar-refractivity contribution < 1.29 is 14.3 Å². The van der Waals surface area contributed by atoms with E-state index in [0.717, 1.165) is 5.56 Å². The predicted molar refractivity (Wildman–Crippen MR) is 66.2 cm³/mol. The van der Waals surface area contributed by atoms with E-state index in [1.807, 2.05) is 12.1 Å². The van der Waals surface area contributed by atoms with Gasteiger partial charge in [-0.3, -0.25) is 0 Å². The molecule has 0 spiro atoms. The Balaban J connectivity index is 2.85. The lowest BCUT2D eigenvalue weighted by Crippen LogP contribution is -2.25. The Morgan fingerprint density at radius 1 is 1.56 bits per heavy atom. The van der Waals surface area contributed by atoms with Gasteiger partial charge in [0, 0.05) is 5.33 Å². The molecule has 0 heterocycles. The fraction of sp³-hybridized carbons (Fsp3) is 0.364. The highest BCUT2D eigenvalue weighted by Crippen LogP contribution is 2.30. The molecule has 3 nitrogen and oxygen atoms in total. The molecule has 1 aromatic carbocycles. The summed E-state index contributed by atoms with van der Waals surface area (Å²) in [6, 6.07) is 5.42. The summed E-state index contributed by atoms with van der Waals surface area (Å²) in [5.41, 5.74) is 0.913. The van der Waals surface area contributed by atoms with E-state index in [0.29, 0.717) is 16.1 Å². The zero-order valence-electron chi connectivity index (χ0n) is 9.00. The molecule has 0 aliphatic carbocycles. The highest BCUT2D eigenvalue weighted by atomic mass is 79.9. The highest BCUT2D eigenvalue weighted by molar-refractivity contribution is 9.08. The van der Waals surface area contributed by atoms with E-state index in [9.17, 15) is 4.79 Å². The average Bonchev–Trinajstić information content (AvgIpc) is 2.30. The summed E-state index contributed by atoms with van der Waals surface area (Å²) in [6.07, 6.45) is -0.673. The Morgan fingerprint density at radius 3 is 2.81 bits per heavy atom. The van der Waals surface area contributed by atoms with Crippen molar-refractivity contribution >= 4 is 33.5 Å². The molecule has 0 radical (unpaired) electrons. The monoisotopic (exact) mass is 306 g/mol. The van der Waals surface area contributed by atoms with Gasteiger partial charge in [0.05, 0.1) is 12.1 Å². The van der Waals surface area contributed by atoms with E-state index in [1.54, 1.807) is 13.0 Å². The van der Waals surface area contributed by atoms with Crippen molar-refractivity contribution in [3.63, 3.8) is 0 Å². The molecule has 0 N–H and O–H groups in total. The number of hydrogen-bond acceptors (Lipinski definition) is 3. The van der Waals surface area contributed by atoms with Gasteiger partial charge < -0.3 is 9.47 Å². The van der Waals surface area contributed by atoms with Crippen LogP contribution in [0.25, 0.3) is 0 Å². The second-order valence-corrected chi connectivity index (χ2v) is 4.08. The molecule has 0 fully saturated rings. The van der Waals surface area contributed by atoms with E-state index < -0.39 is 12.1 Å². The van der Waals surface area contributed by atoms with Crippen LogP contribution in [0.2, 0.25) is 5.02 Å². The number of carbonyl (C=O) groups is 1. The van der Waals surface area contributed by atoms with Crippen LogP contribution >= 0.6 is 27.5 Å². The molecule has 0 amide bonds. The number of methoxy groups -OCH3 is 1. The number of alkyl halides is 1. The number of ether oxygens (including phenoxy) is 2. The number of rotatable bonds is 4. The molecule has 0 aliphatic rings. The second-order valence-electron chi connectivity index (χ2n) is 3.15. The fourth-order valence-electron chi connectivity index (χ4n) is 1.15. The van der Waals surface area contributed by atoms with E-state index in [2.05, 4.69) is 20.7 Å². The van der Waals surface area contributed by atoms with Crippen LogP contribution < -0.4 is 4.74 Å². The maximum absolute atomic E-state index is 11.2. The molecule has 0 unspecified atom stereocenters. The van der Waals surface area contributed by atoms with Gasteiger partial charge in [-0.2, -0.15) is 0 Å². The van der Waals surface area contributed by atoms with Crippen molar-refractivity contribution in [3.05, 3.63) is 28.8 Å². The maximum atomic E-state index is 11.2. The normalized spacial score (nSPS) is 12.0. The average molecular weight is 308 g/mol. The van der Waals surface area contributed by atoms with Gasteiger partial charge >= 0.3 is 5.97 Å². The smallest absolute Gasteiger partial charge is 0.346 e. The first kappa shape index (κ1) is 13.3. The van der Waals surface area contributed by atoms with Crippen LogP contribution in [-0.4, -0.2) is 19.2 Å². The summed E-state index contributed by atoms with van der Waals surface area (Å²) in [4.78, 5) is 11.2. The summed E-state index contributed by atoms with van der Waals surface area (Å²) in [7, 11) is 1.32. The van der Waals surface area contributed by atoms with Crippen molar-refractivity contribution in [2.24, 2.45) is 0 Å². The molecular weight excluding hydrogens is 295 g/mol. The van der Waals surface area contributed by atoms with E-state index >= 15 is 0 Å². The van der Waals surface area contributed by atoms with Gasteiger partial charge in [-0.15, -0.1) is 0 Å². The van der Waals surface area contributed by atoms with Crippen LogP contribution in [0.5, 0.6) is 5.75 Å². The second kappa shape index (κ2) is 6.11. The van der Waals surface area contributed by atoms with Gasteiger partial charge in [-0.05, 0) is 18.6 Å². The topological polar surface area (TPSA) is 35.5 Å². The van der Waals surface area contributed by atoms with Gasteiger partial charge in [-0.1, -0.05) is 39.7 Å². The minimum atomic E-state index is -0.673. The molecule has 5 heteroatoms. The van der Waals surface area contributed by atoms with Crippen LogP contribution in [-0.2, 0) is 14.9 Å². The van der Waals surface area contributed by atoms with Crippen LogP contribution in [0.1, 0.15) is 12.5 Å². The molecule has 0 saturated heterocycles. The molecule has 0 bridgehead atoms. The lowest BCUT2D eigenvalue weighted by atomic mass is 10.2. The Labute approximate surface area is 108 Å². The maximum Gasteiger partial charge on any atom is 0.346 e. The zero-order valence-corrected chi connectivity index (χ0v) is 11.3. The molecular formula is C11H12BrClO3. The number of carbonyl (C=O) groups excluding carboxylic acids is 1. The number of benzene rings is 1. The van der Waals surface area contributed by atoms with Crippen molar-refractivity contribution in [1.82, 2.24) is 0 Å².